The molecule has 3 aliphatic rings. The number of pyridine rings is 2. The van der Waals surface area contributed by atoms with E-state index in [1.807, 2.05) is 0 Å². The summed E-state index contributed by atoms with van der Waals surface area (Å²) >= 11 is 0. The SMILES string of the molecule is Cc1nc(Nc2ncc(N3CCN(C)[C@H](C)C3)c(Nc3cc(C4CC4)c(F)c(C)n3)n2)cc(C2CC2)c1F. The fraction of sp³-hybridized carbons (Fsp3) is 0.500. The van der Waals surface area contributed by atoms with E-state index >= 15 is 0 Å². The molecule has 1 aliphatic heterocycles. The highest BCUT2D eigenvalue weighted by molar-refractivity contribution is 5.72. The van der Waals surface area contributed by atoms with Gasteiger partial charge in [-0.05, 0) is 88.6 Å². The number of aromatic nitrogens is 4. The number of hydrogen-bond acceptors (Lipinski definition) is 8. The highest BCUT2D eigenvalue weighted by atomic mass is 19.1. The van der Waals surface area contributed by atoms with E-state index in [0.29, 0.717) is 52.0 Å². The van der Waals surface area contributed by atoms with Crippen molar-refractivity contribution in [3.05, 3.63) is 52.5 Å². The van der Waals surface area contributed by atoms with Gasteiger partial charge in [0.05, 0.1) is 23.3 Å². The first-order valence-corrected chi connectivity index (χ1v) is 13.5. The Kier molecular flexibility index (Phi) is 6.37. The van der Waals surface area contributed by atoms with Gasteiger partial charge in [0.25, 0.3) is 0 Å². The van der Waals surface area contributed by atoms with Gasteiger partial charge in [0, 0.05) is 25.7 Å². The van der Waals surface area contributed by atoms with Gasteiger partial charge in [-0.25, -0.2) is 23.7 Å². The molecule has 3 aromatic rings. The second-order valence-electron chi connectivity index (χ2n) is 11.0. The maximum Gasteiger partial charge on any atom is 0.230 e. The van der Waals surface area contributed by atoms with E-state index in [4.69, 9.17) is 4.98 Å². The largest absolute Gasteiger partial charge is 0.364 e. The standard InChI is InChI=1S/C28H34F2N8/c1-15-14-38(10-9-37(15)4)22-13-31-28(35-24-12-21(19-7-8-19)26(30)17(3)33-24)36-27(22)34-23-11-20(18-5-6-18)25(29)16(2)32-23/h11-13,15,18-19H,5-10,14H2,1-4H3,(H2,31,32,33,34,35,36)/t15-/m1/s1. The second kappa shape index (κ2) is 9.72. The molecular weight excluding hydrogens is 486 g/mol. The molecule has 38 heavy (non-hydrogen) atoms. The van der Waals surface area contributed by atoms with Crippen LogP contribution in [0.2, 0.25) is 0 Å². The molecule has 0 bridgehead atoms. The molecule has 0 spiro atoms. The third-order valence-electron chi connectivity index (χ3n) is 7.89. The monoisotopic (exact) mass is 520 g/mol. The Morgan fingerprint density at radius 1 is 0.842 bits per heavy atom. The molecule has 8 nitrogen and oxygen atoms in total. The van der Waals surface area contributed by atoms with E-state index in [2.05, 4.69) is 49.4 Å². The predicted octanol–water partition coefficient (Wildman–Crippen LogP) is 5.54. The third-order valence-corrected chi connectivity index (χ3v) is 7.89. The van der Waals surface area contributed by atoms with E-state index in [9.17, 15) is 8.78 Å². The molecule has 2 aliphatic carbocycles. The summed E-state index contributed by atoms with van der Waals surface area (Å²) in [6.45, 7) is 8.15. The molecule has 0 radical (unpaired) electrons. The van der Waals surface area contributed by atoms with Crippen LogP contribution in [0.1, 0.15) is 67.0 Å². The quantitative estimate of drug-likeness (QED) is 0.420. The lowest BCUT2D eigenvalue weighted by Gasteiger charge is -2.39. The van der Waals surface area contributed by atoms with Crippen LogP contribution in [-0.2, 0) is 0 Å². The summed E-state index contributed by atoms with van der Waals surface area (Å²) in [7, 11) is 2.13. The molecule has 1 saturated heterocycles. The van der Waals surface area contributed by atoms with Crippen molar-refractivity contribution in [1.29, 1.82) is 0 Å². The van der Waals surface area contributed by atoms with E-state index in [1.165, 1.54) is 0 Å². The van der Waals surface area contributed by atoms with Crippen molar-refractivity contribution >= 4 is 29.1 Å². The summed E-state index contributed by atoms with van der Waals surface area (Å²) in [5.41, 5.74) is 2.99. The first-order chi connectivity index (χ1) is 18.3. The maximum absolute atomic E-state index is 14.7. The van der Waals surface area contributed by atoms with Gasteiger partial charge in [-0.1, -0.05) is 0 Å². The van der Waals surface area contributed by atoms with Crippen LogP contribution in [0.4, 0.5) is 37.9 Å². The molecule has 10 heteroatoms. The Morgan fingerprint density at radius 2 is 1.42 bits per heavy atom. The fourth-order valence-corrected chi connectivity index (χ4v) is 5.14. The number of anilines is 5. The summed E-state index contributed by atoms with van der Waals surface area (Å²) < 4.78 is 29.4. The maximum atomic E-state index is 14.7. The van der Waals surface area contributed by atoms with Gasteiger partial charge in [-0.2, -0.15) is 4.98 Å². The number of likely N-dealkylation sites (N-methyl/N-ethyl adjacent to an activating group) is 1. The van der Waals surface area contributed by atoms with E-state index < -0.39 is 0 Å². The van der Waals surface area contributed by atoms with E-state index in [1.54, 1.807) is 32.2 Å². The first-order valence-electron chi connectivity index (χ1n) is 13.5. The number of piperazine rings is 1. The second-order valence-corrected chi connectivity index (χ2v) is 11.0. The van der Waals surface area contributed by atoms with Gasteiger partial charge in [0.1, 0.15) is 23.3 Å². The van der Waals surface area contributed by atoms with Crippen molar-refractivity contribution in [3.8, 4) is 0 Å². The Hall–Kier alpha value is -3.40. The fourth-order valence-electron chi connectivity index (χ4n) is 5.14. The minimum Gasteiger partial charge on any atom is -0.364 e. The Balaban J connectivity index is 1.35. The Morgan fingerprint density at radius 3 is 1.97 bits per heavy atom. The van der Waals surface area contributed by atoms with Crippen molar-refractivity contribution in [2.45, 2.75) is 64.3 Å². The van der Waals surface area contributed by atoms with Gasteiger partial charge in [0.2, 0.25) is 5.95 Å². The lowest BCUT2D eigenvalue weighted by atomic mass is 10.1. The topological polar surface area (TPSA) is 82.1 Å². The van der Waals surface area contributed by atoms with Crippen LogP contribution < -0.4 is 15.5 Å². The zero-order chi connectivity index (χ0) is 26.6. The summed E-state index contributed by atoms with van der Waals surface area (Å²) in [5, 5.41) is 6.55. The van der Waals surface area contributed by atoms with Gasteiger partial charge < -0.3 is 20.4 Å². The molecule has 0 aromatic carbocycles. The zero-order valence-corrected chi connectivity index (χ0v) is 22.4. The number of halogens is 2. The van der Waals surface area contributed by atoms with Crippen LogP contribution in [-0.4, -0.2) is 57.6 Å². The average molecular weight is 521 g/mol. The molecule has 0 amide bonds. The molecule has 6 rings (SSSR count). The van der Waals surface area contributed by atoms with Crippen molar-refractivity contribution in [1.82, 2.24) is 24.8 Å². The Labute approximate surface area is 221 Å². The number of rotatable bonds is 7. The van der Waals surface area contributed by atoms with Crippen molar-refractivity contribution in [2.75, 3.05) is 42.2 Å². The molecule has 0 unspecified atom stereocenters. The molecule has 1 atom stereocenters. The molecule has 2 saturated carbocycles. The molecule has 3 aromatic heterocycles. The minimum absolute atomic E-state index is 0.222. The van der Waals surface area contributed by atoms with Gasteiger partial charge in [-0.3, -0.25) is 0 Å². The van der Waals surface area contributed by atoms with Crippen LogP contribution in [0, 0.1) is 25.5 Å². The number of nitrogens with zero attached hydrogens (tertiary/aromatic N) is 6. The lowest BCUT2D eigenvalue weighted by molar-refractivity contribution is 0.234. The van der Waals surface area contributed by atoms with Gasteiger partial charge in [-0.15, -0.1) is 0 Å². The molecule has 4 heterocycles. The number of nitrogens with one attached hydrogen (secondary N) is 2. The van der Waals surface area contributed by atoms with Gasteiger partial charge in [0.15, 0.2) is 5.82 Å². The minimum atomic E-state index is -0.231. The van der Waals surface area contributed by atoms with Gasteiger partial charge >= 0.3 is 0 Å². The normalized spacial score (nSPS) is 20.1. The number of aryl methyl sites for hydroxylation is 2. The van der Waals surface area contributed by atoms with Crippen LogP contribution in [0.5, 0.6) is 0 Å². The highest BCUT2D eigenvalue weighted by Crippen LogP contribution is 2.43. The third kappa shape index (κ3) is 5.01. The summed E-state index contributed by atoms with van der Waals surface area (Å²) in [4.78, 5) is 22.9. The van der Waals surface area contributed by atoms with Crippen molar-refractivity contribution < 1.29 is 8.78 Å². The molecule has 3 fully saturated rings. The zero-order valence-electron chi connectivity index (χ0n) is 22.4. The summed E-state index contributed by atoms with van der Waals surface area (Å²) in [6, 6.07) is 3.94. The first kappa shape index (κ1) is 24.9. The van der Waals surface area contributed by atoms with Crippen LogP contribution in [0.15, 0.2) is 18.3 Å². The van der Waals surface area contributed by atoms with Crippen molar-refractivity contribution in [3.63, 3.8) is 0 Å². The summed E-state index contributed by atoms with van der Waals surface area (Å²) in [6.07, 6.45) is 5.79. The highest BCUT2D eigenvalue weighted by Gasteiger charge is 2.30. The van der Waals surface area contributed by atoms with Crippen LogP contribution >= 0.6 is 0 Å². The Bertz CT molecular complexity index is 1370. The van der Waals surface area contributed by atoms with E-state index in [-0.39, 0.29) is 23.5 Å². The van der Waals surface area contributed by atoms with Crippen LogP contribution in [0.25, 0.3) is 0 Å². The molecular formula is C28H34F2N8. The smallest absolute Gasteiger partial charge is 0.230 e. The average Bonchev–Trinajstić information content (AvgIpc) is 3.79. The summed E-state index contributed by atoms with van der Waals surface area (Å²) in [5.74, 6) is 2.07. The van der Waals surface area contributed by atoms with Crippen molar-refractivity contribution in [2.24, 2.45) is 0 Å². The molecule has 2 N–H and O–H groups in total. The van der Waals surface area contributed by atoms with Crippen LogP contribution in [0.3, 0.4) is 0 Å². The predicted molar refractivity (Wildman–Crippen MR) is 145 cm³/mol. The van der Waals surface area contributed by atoms with E-state index in [0.717, 1.165) is 51.0 Å². The lowest BCUT2D eigenvalue weighted by Crippen LogP contribution is -2.50. The molecule has 200 valence electrons. The number of hydrogen-bond donors (Lipinski definition) is 2.